The summed E-state index contributed by atoms with van der Waals surface area (Å²) in [7, 11) is 2.05. The highest BCUT2D eigenvalue weighted by atomic mass is 19.1. The Morgan fingerprint density at radius 2 is 1.81 bits per heavy atom. The fourth-order valence-corrected chi connectivity index (χ4v) is 4.36. The van der Waals surface area contributed by atoms with E-state index < -0.39 is 23.7 Å². The minimum Gasteiger partial charge on any atom is -0.369 e. The topological polar surface area (TPSA) is 69.7 Å². The van der Waals surface area contributed by atoms with Gasteiger partial charge in [0.05, 0.1) is 5.69 Å². The Balaban J connectivity index is 1.74. The molecule has 2 aromatic carbocycles. The molecule has 4 amide bonds. The van der Waals surface area contributed by atoms with Gasteiger partial charge in [0.1, 0.15) is 11.4 Å². The number of fused-ring (bicyclic) bond motifs is 1. The molecule has 4 rings (SSSR count). The summed E-state index contributed by atoms with van der Waals surface area (Å²) < 4.78 is 14.2. The molecule has 1 fully saturated rings. The molecule has 2 aliphatic rings. The van der Waals surface area contributed by atoms with Gasteiger partial charge in [-0.25, -0.2) is 14.1 Å². The van der Waals surface area contributed by atoms with Crippen molar-refractivity contribution in [1.82, 2.24) is 5.32 Å². The largest absolute Gasteiger partial charge is 0.369 e. The Labute approximate surface area is 180 Å². The Morgan fingerprint density at radius 1 is 1.10 bits per heavy atom. The molecule has 1 unspecified atom stereocenters. The van der Waals surface area contributed by atoms with Crippen molar-refractivity contribution in [3.8, 4) is 0 Å². The summed E-state index contributed by atoms with van der Waals surface area (Å²) in [5.41, 5.74) is 2.49. The van der Waals surface area contributed by atoms with Crippen molar-refractivity contribution in [1.29, 1.82) is 0 Å². The predicted octanol–water partition coefficient (Wildman–Crippen LogP) is 4.21. The van der Waals surface area contributed by atoms with Crippen LogP contribution in [0.4, 0.5) is 20.6 Å². The average Bonchev–Trinajstić information content (AvgIpc) is 2.70. The molecule has 2 aromatic rings. The van der Waals surface area contributed by atoms with Crippen LogP contribution >= 0.6 is 0 Å². The Morgan fingerprint density at radius 3 is 2.52 bits per heavy atom. The lowest BCUT2D eigenvalue weighted by atomic mass is 9.80. The zero-order valence-electron chi connectivity index (χ0n) is 17.9. The van der Waals surface area contributed by atoms with Gasteiger partial charge in [-0.05, 0) is 67.7 Å². The van der Waals surface area contributed by atoms with E-state index in [2.05, 4.69) is 38.0 Å². The number of carbonyl (C=O) groups is 3. The van der Waals surface area contributed by atoms with E-state index in [1.165, 1.54) is 24.3 Å². The van der Waals surface area contributed by atoms with Crippen LogP contribution in [0.15, 0.2) is 48.0 Å². The van der Waals surface area contributed by atoms with E-state index in [1.807, 2.05) is 18.2 Å². The summed E-state index contributed by atoms with van der Waals surface area (Å²) in [5, 5.41) is 2.13. The van der Waals surface area contributed by atoms with Gasteiger partial charge in [0, 0.05) is 18.3 Å². The maximum atomic E-state index is 14.2. The van der Waals surface area contributed by atoms with Gasteiger partial charge in [0.15, 0.2) is 0 Å². The highest BCUT2D eigenvalue weighted by Gasteiger charge is 2.38. The van der Waals surface area contributed by atoms with Gasteiger partial charge in [-0.15, -0.1) is 0 Å². The summed E-state index contributed by atoms with van der Waals surface area (Å²) in [5.74, 6) is -2.09. The first-order chi connectivity index (χ1) is 14.6. The SMILES string of the molecule is CC1CC(C)(C)N(C)c2ccc(/C=C3/C(=O)NC(=O)N(c4ccccc4F)C3=O)cc21. The maximum Gasteiger partial charge on any atom is 0.336 e. The normalized spacial score (nSPS) is 21.9. The van der Waals surface area contributed by atoms with Crippen LogP contribution in [0.1, 0.15) is 44.2 Å². The number of benzene rings is 2. The molecule has 31 heavy (non-hydrogen) atoms. The minimum atomic E-state index is -0.972. The number of carbonyl (C=O) groups excluding carboxylic acids is 3. The Hall–Kier alpha value is -3.48. The first-order valence-electron chi connectivity index (χ1n) is 10.1. The zero-order valence-corrected chi connectivity index (χ0v) is 17.9. The second-order valence-electron chi connectivity index (χ2n) is 8.70. The van der Waals surface area contributed by atoms with Crippen molar-refractivity contribution in [2.24, 2.45) is 0 Å². The summed E-state index contributed by atoms with van der Waals surface area (Å²) in [6, 6.07) is 10.2. The number of nitrogens with zero attached hydrogens (tertiary/aromatic N) is 2. The Bertz CT molecular complexity index is 1140. The molecule has 1 saturated heterocycles. The summed E-state index contributed by atoms with van der Waals surface area (Å²) in [6.07, 6.45) is 2.41. The molecule has 0 aliphatic carbocycles. The van der Waals surface area contributed by atoms with Gasteiger partial charge in [0.2, 0.25) is 0 Å². The highest BCUT2D eigenvalue weighted by Crippen LogP contribution is 2.42. The lowest BCUT2D eigenvalue weighted by molar-refractivity contribution is -0.122. The van der Waals surface area contributed by atoms with Crippen molar-refractivity contribution in [3.05, 3.63) is 65.0 Å². The summed E-state index contributed by atoms with van der Waals surface area (Å²) in [6.45, 7) is 6.55. The number of urea groups is 1. The van der Waals surface area contributed by atoms with Gasteiger partial charge in [-0.2, -0.15) is 0 Å². The quantitative estimate of drug-likeness (QED) is 0.583. The monoisotopic (exact) mass is 421 g/mol. The molecule has 1 N–H and O–H groups in total. The number of halogens is 1. The number of para-hydroxylation sites is 1. The molecular weight excluding hydrogens is 397 g/mol. The third-order valence-corrected chi connectivity index (χ3v) is 6.16. The number of imide groups is 2. The van der Waals surface area contributed by atoms with Crippen LogP contribution in [-0.4, -0.2) is 30.4 Å². The van der Waals surface area contributed by atoms with Gasteiger partial charge >= 0.3 is 6.03 Å². The van der Waals surface area contributed by atoms with Gasteiger partial charge in [-0.3, -0.25) is 14.9 Å². The van der Waals surface area contributed by atoms with E-state index in [9.17, 15) is 18.8 Å². The van der Waals surface area contributed by atoms with Crippen LogP contribution in [0.25, 0.3) is 6.08 Å². The molecule has 0 radical (unpaired) electrons. The summed E-state index contributed by atoms with van der Waals surface area (Å²) >= 11 is 0. The van der Waals surface area contributed by atoms with E-state index in [0.29, 0.717) is 16.4 Å². The third kappa shape index (κ3) is 3.50. The molecule has 0 bridgehead atoms. The second kappa shape index (κ2) is 7.34. The predicted molar refractivity (Wildman–Crippen MR) is 117 cm³/mol. The number of rotatable bonds is 2. The molecule has 2 aliphatic heterocycles. The van der Waals surface area contributed by atoms with E-state index in [1.54, 1.807) is 0 Å². The smallest absolute Gasteiger partial charge is 0.336 e. The average molecular weight is 421 g/mol. The first kappa shape index (κ1) is 20.8. The van der Waals surface area contributed by atoms with Crippen molar-refractivity contribution in [2.75, 3.05) is 16.8 Å². The van der Waals surface area contributed by atoms with E-state index in [-0.39, 0.29) is 16.8 Å². The van der Waals surface area contributed by atoms with Crippen molar-refractivity contribution >= 4 is 35.3 Å². The molecule has 0 spiro atoms. The Kier molecular flexibility index (Phi) is 4.92. The number of barbiturate groups is 1. The lowest BCUT2D eigenvalue weighted by Gasteiger charge is -2.45. The van der Waals surface area contributed by atoms with Gasteiger partial charge in [0.25, 0.3) is 11.8 Å². The van der Waals surface area contributed by atoms with E-state index >= 15 is 0 Å². The van der Waals surface area contributed by atoms with Crippen molar-refractivity contribution < 1.29 is 18.8 Å². The van der Waals surface area contributed by atoms with Gasteiger partial charge < -0.3 is 4.90 Å². The van der Waals surface area contributed by atoms with Crippen molar-refractivity contribution in [2.45, 2.75) is 38.6 Å². The lowest BCUT2D eigenvalue weighted by Crippen LogP contribution is -2.54. The molecule has 0 aromatic heterocycles. The number of hydrogen-bond acceptors (Lipinski definition) is 4. The van der Waals surface area contributed by atoms with Crippen LogP contribution in [0.3, 0.4) is 0 Å². The number of hydrogen-bond donors (Lipinski definition) is 1. The molecule has 2 heterocycles. The van der Waals surface area contributed by atoms with Gasteiger partial charge in [-0.1, -0.05) is 25.1 Å². The number of amides is 4. The molecule has 1 atom stereocenters. The van der Waals surface area contributed by atoms with E-state index in [4.69, 9.17) is 0 Å². The fraction of sp³-hybridized carbons (Fsp3) is 0.292. The molecular formula is C24H24FN3O3. The van der Waals surface area contributed by atoms with Crippen molar-refractivity contribution in [3.63, 3.8) is 0 Å². The highest BCUT2D eigenvalue weighted by molar-refractivity contribution is 6.39. The zero-order chi connectivity index (χ0) is 22.5. The fourth-order valence-electron chi connectivity index (χ4n) is 4.36. The van der Waals surface area contributed by atoms with Crippen LogP contribution in [0.2, 0.25) is 0 Å². The standard InChI is InChI=1S/C24H24FN3O3/c1-14-13-24(2,3)27(4)19-10-9-15(11-16(14)19)12-17-21(29)26-23(31)28(22(17)30)20-8-6-5-7-18(20)25/h5-12,14H,13H2,1-4H3,(H,26,29,31)/b17-12-. The van der Waals surface area contributed by atoms with Crippen LogP contribution in [-0.2, 0) is 9.59 Å². The van der Waals surface area contributed by atoms with Crippen LogP contribution in [0, 0.1) is 5.82 Å². The maximum absolute atomic E-state index is 14.2. The third-order valence-electron chi connectivity index (χ3n) is 6.16. The van der Waals surface area contributed by atoms with Crippen LogP contribution in [0.5, 0.6) is 0 Å². The van der Waals surface area contributed by atoms with E-state index in [0.717, 1.165) is 23.7 Å². The number of nitrogens with one attached hydrogen (secondary N) is 1. The minimum absolute atomic E-state index is 0.0201. The molecule has 7 heteroatoms. The van der Waals surface area contributed by atoms with Crippen LogP contribution < -0.4 is 15.1 Å². The number of anilines is 2. The first-order valence-corrected chi connectivity index (χ1v) is 10.1. The molecule has 160 valence electrons. The summed E-state index contributed by atoms with van der Waals surface area (Å²) in [4.78, 5) is 40.6. The molecule has 6 nitrogen and oxygen atoms in total. The molecule has 0 saturated carbocycles. The second-order valence-corrected chi connectivity index (χ2v) is 8.70.